The predicted octanol–water partition coefficient (Wildman–Crippen LogP) is 2.78. The standard InChI is InChI=1S/C17H30F3N3O/c1-13-5-3-4-9-23(13)16(24)14(2)21-15-6-10-22(11-7-15)12-8-17(18,19)20/h13-15,21H,3-12H2,1-2H3/t13-,14+/m0/s1. The molecule has 0 aromatic carbocycles. The Labute approximate surface area is 142 Å². The number of nitrogens with zero attached hydrogens (tertiary/aromatic N) is 2. The van der Waals surface area contributed by atoms with Crippen LogP contribution in [-0.2, 0) is 4.79 Å². The van der Waals surface area contributed by atoms with E-state index in [1.54, 1.807) is 0 Å². The van der Waals surface area contributed by atoms with Crippen molar-refractivity contribution in [1.29, 1.82) is 0 Å². The van der Waals surface area contributed by atoms with Crippen molar-refractivity contribution >= 4 is 5.91 Å². The van der Waals surface area contributed by atoms with Crippen molar-refractivity contribution in [2.24, 2.45) is 0 Å². The predicted molar refractivity (Wildman–Crippen MR) is 87.8 cm³/mol. The first kappa shape index (κ1) is 19.5. The molecule has 2 fully saturated rings. The summed E-state index contributed by atoms with van der Waals surface area (Å²) in [6, 6.07) is 0.295. The Morgan fingerprint density at radius 2 is 1.83 bits per heavy atom. The van der Waals surface area contributed by atoms with Crippen LogP contribution in [0.4, 0.5) is 13.2 Å². The van der Waals surface area contributed by atoms with Gasteiger partial charge in [-0.2, -0.15) is 13.2 Å². The lowest BCUT2D eigenvalue weighted by atomic mass is 10.0. The molecule has 2 rings (SSSR count). The van der Waals surface area contributed by atoms with Crippen LogP contribution >= 0.6 is 0 Å². The number of rotatable bonds is 5. The van der Waals surface area contributed by atoms with Gasteiger partial charge < -0.3 is 15.1 Å². The highest BCUT2D eigenvalue weighted by molar-refractivity contribution is 5.81. The molecule has 1 amide bonds. The van der Waals surface area contributed by atoms with Gasteiger partial charge in [-0.25, -0.2) is 0 Å². The third kappa shape index (κ3) is 5.92. The first-order valence-electron chi connectivity index (χ1n) is 9.12. The number of piperidine rings is 2. The highest BCUT2D eigenvalue weighted by Crippen LogP contribution is 2.22. The number of carbonyl (C=O) groups is 1. The zero-order chi connectivity index (χ0) is 17.7. The zero-order valence-electron chi connectivity index (χ0n) is 14.7. The van der Waals surface area contributed by atoms with Crippen molar-refractivity contribution in [2.75, 3.05) is 26.2 Å². The second-order valence-corrected chi connectivity index (χ2v) is 7.25. The minimum Gasteiger partial charge on any atom is -0.339 e. The van der Waals surface area contributed by atoms with E-state index in [0.717, 1.165) is 32.2 Å². The number of likely N-dealkylation sites (tertiary alicyclic amines) is 2. The van der Waals surface area contributed by atoms with Gasteiger partial charge in [-0.3, -0.25) is 4.79 Å². The fourth-order valence-corrected chi connectivity index (χ4v) is 3.71. The van der Waals surface area contributed by atoms with Gasteiger partial charge in [-0.1, -0.05) is 0 Å². The molecule has 2 aliphatic rings. The number of hydrogen-bond acceptors (Lipinski definition) is 3. The van der Waals surface area contributed by atoms with Crippen LogP contribution in [0.25, 0.3) is 0 Å². The second-order valence-electron chi connectivity index (χ2n) is 7.25. The minimum absolute atomic E-state index is 0.0794. The molecule has 140 valence electrons. The lowest BCUT2D eigenvalue weighted by Crippen LogP contribution is -2.54. The van der Waals surface area contributed by atoms with Gasteiger partial charge in [-0.15, -0.1) is 0 Å². The first-order chi connectivity index (χ1) is 11.3. The maximum atomic E-state index is 12.6. The van der Waals surface area contributed by atoms with Gasteiger partial charge in [0.2, 0.25) is 5.91 Å². The van der Waals surface area contributed by atoms with Crippen molar-refractivity contribution in [2.45, 2.75) is 76.7 Å². The zero-order valence-corrected chi connectivity index (χ0v) is 14.7. The van der Waals surface area contributed by atoms with E-state index in [2.05, 4.69) is 12.2 Å². The van der Waals surface area contributed by atoms with E-state index >= 15 is 0 Å². The molecular formula is C17H30F3N3O. The Balaban J connectivity index is 1.71. The molecule has 2 saturated heterocycles. The van der Waals surface area contributed by atoms with E-state index in [0.29, 0.717) is 19.1 Å². The number of halogens is 3. The Morgan fingerprint density at radius 1 is 1.17 bits per heavy atom. The molecule has 7 heteroatoms. The van der Waals surface area contributed by atoms with Crippen molar-refractivity contribution in [3.63, 3.8) is 0 Å². The summed E-state index contributed by atoms with van der Waals surface area (Å²) >= 11 is 0. The van der Waals surface area contributed by atoms with Gasteiger partial charge in [0.25, 0.3) is 0 Å². The molecule has 0 aromatic heterocycles. The molecular weight excluding hydrogens is 319 g/mol. The summed E-state index contributed by atoms with van der Waals surface area (Å²) in [5.74, 6) is 0.154. The summed E-state index contributed by atoms with van der Waals surface area (Å²) in [5, 5.41) is 3.39. The Hall–Kier alpha value is -0.820. The lowest BCUT2D eigenvalue weighted by molar-refractivity contribution is -0.139. The topological polar surface area (TPSA) is 35.6 Å². The largest absolute Gasteiger partial charge is 0.390 e. The molecule has 2 heterocycles. The normalized spacial score (nSPS) is 25.7. The molecule has 24 heavy (non-hydrogen) atoms. The molecule has 0 aliphatic carbocycles. The van der Waals surface area contributed by atoms with Crippen LogP contribution < -0.4 is 5.32 Å². The van der Waals surface area contributed by atoms with Crippen LogP contribution in [0.1, 0.15) is 52.4 Å². The van der Waals surface area contributed by atoms with Gasteiger partial charge in [0, 0.05) is 25.2 Å². The monoisotopic (exact) mass is 349 g/mol. The summed E-state index contributed by atoms with van der Waals surface area (Å²) in [4.78, 5) is 16.4. The molecule has 0 spiro atoms. The summed E-state index contributed by atoms with van der Waals surface area (Å²) in [6.07, 6.45) is 0.0870. The lowest BCUT2D eigenvalue weighted by Gasteiger charge is -2.38. The average Bonchev–Trinajstić information content (AvgIpc) is 2.53. The van der Waals surface area contributed by atoms with Crippen LogP contribution in [0.3, 0.4) is 0 Å². The molecule has 2 atom stereocenters. The summed E-state index contributed by atoms with van der Waals surface area (Å²) in [6.45, 7) is 6.24. The highest BCUT2D eigenvalue weighted by Gasteiger charge is 2.31. The SMILES string of the molecule is C[C@@H](NC1CCN(CCC(F)(F)F)CC1)C(=O)N1CCCC[C@@H]1C. The Morgan fingerprint density at radius 3 is 2.42 bits per heavy atom. The van der Waals surface area contributed by atoms with E-state index in [1.807, 2.05) is 16.7 Å². The van der Waals surface area contributed by atoms with Crippen molar-refractivity contribution in [1.82, 2.24) is 15.1 Å². The molecule has 4 nitrogen and oxygen atoms in total. The van der Waals surface area contributed by atoms with Crippen LogP contribution in [-0.4, -0.2) is 66.2 Å². The third-order valence-corrected chi connectivity index (χ3v) is 5.24. The van der Waals surface area contributed by atoms with E-state index in [1.165, 1.54) is 6.42 Å². The Kier molecular flexibility index (Phi) is 6.92. The molecule has 1 N–H and O–H groups in total. The maximum Gasteiger partial charge on any atom is 0.390 e. The number of nitrogens with one attached hydrogen (secondary N) is 1. The molecule has 2 aliphatic heterocycles. The van der Waals surface area contributed by atoms with Crippen LogP contribution in [0.15, 0.2) is 0 Å². The van der Waals surface area contributed by atoms with Crippen LogP contribution in [0, 0.1) is 0 Å². The van der Waals surface area contributed by atoms with Gasteiger partial charge >= 0.3 is 6.18 Å². The van der Waals surface area contributed by atoms with E-state index in [4.69, 9.17) is 0 Å². The molecule has 0 aromatic rings. The van der Waals surface area contributed by atoms with Crippen LogP contribution in [0.5, 0.6) is 0 Å². The third-order valence-electron chi connectivity index (χ3n) is 5.24. The molecule has 0 bridgehead atoms. The number of alkyl halides is 3. The average molecular weight is 349 g/mol. The second kappa shape index (κ2) is 8.52. The maximum absolute atomic E-state index is 12.6. The molecule has 0 unspecified atom stereocenters. The fraction of sp³-hybridized carbons (Fsp3) is 0.941. The van der Waals surface area contributed by atoms with Crippen LogP contribution in [0.2, 0.25) is 0 Å². The van der Waals surface area contributed by atoms with E-state index in [9.17, 15) is 18.0 Å². The van der Waals surface area contributed by atoms with E-state index in [-0.39, 0.29) is 24.5 Å². The van der Waals surface area contributed by atoms with Gasteiger partial charge in [0.1, 0.15) is 0 Å². The fourth-order valence-electron chi connectivity index (χ4n) is 3.71. The Bertz CT molecular complexity index is 408. The van der Waals surface area contributed by atoms with Crippen molar-refractivity contribution in [3.8, 4) is 0 Å². The van der Waals surface area contributed by atoms with Gasteiger partial charge in [0.15, 0.2) is 0 Å². The van der Waals surface area contributed by atoms with Crippen molar-refractivity contribution < 1.29 is 18.0 Å². The minimum atomic E-state index is -4.08. The molecule has 0 saturated carbocycles. The highest BCUT2D eigenvalue weighted by atomic mass is 19.4. The van der Waals surface area contributed by atoms with Gasteiger partial charge in [0.05, 0.1) is 12.5 Å². The number of amides is 1. The smallest absolute Gasteiger partial charge is 0.339 e. The quantitative estimate of drug-likeness (QED) is 0.829. The first-order valence-corrected chi connectivity index (χ1v) is 9.12. The number of carbonyl (C=O) groups excluding carboxylic acids is 1. The van der Waals surface area contributed by atoms with Crippen molar-refractivity contribution in [3.05, 3.63) is 0 Å². The molecule has 0 radical (unpaired) electrons. The number of hydrogen-bond donors (Lipinski definition) is 1. The van der Waals surface area contributed by atoms with Gasteiger partial charge in [-0.05, 0) is 59.0 Å². The van der Waals surface area contributed by atoms with E-state index < -0.39 is 12.6 Å². The summed E-state index contributed by atoms with van der Waals surface area (Å²) in [7, 11) is 0. The summed E-state index contributed by atoms with van der Waals surface area (Å²) < 4.78 is 36.8. The summed E-state index contributed by atoms with van der Waals surface area (Å²) in [5.41, 5.74) is 0.